The van der Waals surface area contributed by atoms with Gasteiger partial charge in [-0.3, -0.25) is 9.59 Å². The quantitative estimate of drug-likeness (QED) is 0.180. The van der Waals surface area contributed by atoms with Crippen LogP contribution < -0.4 is 10.2 Å². The minimum atomic E-state index is -1.79. The van der Waals surface area contributed by atoms with Crippen LogP contribution in [0.4, 0.5) is 0 Å². The third-order valence-corrected chi connectivity index (χ3v) is 5.52. The van der Waals surface area contributed by atoms with E-state index >= 15 is 0 Å². The standard InChI is InChI=1S/C23H22O13/c1-8(25)33-22-19(32)17(30)15(7-24)35-23(22)36-21-18(31)16-13(29)5-10(26)6-14(16)34-20(21)9-2-3-11(27)12(28)4-9/h2-6,15,17,19,22-24,26-30,32H,7H2,1H3/t15-,17-,19-,22+,23-/m0/s1. The highest BCUT2D eigenvalue weighted by Crippen LogP contribution is 2.39. The molecule has 2 heterocycles. The van der Waals surface area contributed by atoms with Gasteiger partial charge in [-0.05, 0) is 18.2 Å². The molecule has 13 nitrogen and oxygen atoms in total. The number of phenols is 4. The fourth-order valence-corrected chi connectivity index (χ4v) is 3.81. The summed E-state index contributed by atoms with van der Waals surface area (Å²) in [6, 6.07) is 5.32. The molecule has 192 valence electrons. The van der Waals surface area contributed by atoms with Crippen LogP contribution in [0.5, 0.6) is 28.7 Å². The Labute approximate surface area is 201 Å². The van der Waals surface area contributed by atoms with Crippen LogP contribution in [-0.2, 0) is 14.3 Å². The van der Waals surface area contributed by atoms with Gasteiger partial charge < -0.3 is 54.4 Å². The minimum Gasteiger partial charge on any atom is -0.508 e. The number of rotatable bonds is 5. The first-order chi connectivity index (χ1) is 17.0. The summed E-state index contributed by atoms with van der Waals surface area (Å²) in [5.74, 6) is -4.03. The van der Waals surface area contributed by atoms with Crippen molar-refractivity contribution in [2.75, 3.05) is 6.61 Å². The molecular formula is C23H22O13. The van der Waals surface area contributed by atoms with E-state index in [4.69, 9.17) is 18.6 Å². The monoisotopic (exact) mass is 506 g/mol. The smallest absolute Gasteiger partial charge is 0.303 e. The molecule has 2 aromatic carbocycles. The zero-order chi connectivity index (χ0) is 26.3. The number of ether oxygens (including phenoxy) is 3. The van der Waals surface area contributed by atoms with E-state index in [9.17, 15) is 45.3 Å². The maximum absolute atomic E-state index is 13.4. The van der Waals surface area contributed by atoms with Crippen molar-refractivity contribution in [3.63, 3.8) is 0 Å². The van der Waals surface area contributed by atoms with E-state index in [1.807, 2.05) is 0 Å². The summed E-state index contributed by atoms with van der Waals surface area (Å²) < 4.78 is 21.9. The normalized spacial score (nSPS) is 23.9. The molecule has 4 rings (SSSR count). The average Bonchev–Trinajstić information content (AvgIpc) is 2.81. The average molecular weight is 506 g/mol. The van der Waals surface area contributed by atoms with E-state index in [1.165, 1.54) is 6.07 Å². The zero-order valence-electron chi connectivity index (χ0n) is 18.6. The second kappa shape index (κ2) is 9.54. The van der Waals surface area contributed by atoms with Crippen molar-refractivity contribution in [2.24, 2.45) is 0 Å². The van der Waals surface area contributed by atoms with Crippen molar-refractivity contribution < 1.29 is 59.2 Å². The first-order valence-electron chi connectivity index (χ1n) is 10.5. The summed E-state index contributed by atoms with van der Waals surface area (Å²) in [6.07, 6.45) is -8.27. The van der Waals surface area contributed by atoms with Gasteiger partial charge in [0.05, 0.1) is 6.61 Å². The molecule has 0 unspecified atom stereocenters. The Hall–Kier alpha value is -4.04. The van der Waals surface area contributed by atoms with Gasteiger partial charge in [0.15, 0.2) is 23.4 Å². The van der Waals surface area contributed by atoms with Crippen LogP contribution >= 0.6 is 0 Å². The van der Waals surface area contributed by atoms with Crippen molar-refractivity contribution in [2.45, 2.75) is 37.6 Å². The van der Waals surface area contributed by atoms with Gasteiger partial charge >= 0.3 is 5.97 Å². The first kappa shape index (κ1) is 25.1. The lowest BCUT2D eigenvalue weighted by atomic mass is 9.99. The number of esters is 1. The Morgan fingerprint density at radius 3 is 2.36 bits per heavy atom. The molecule has 5 atom stereocenters. The van der Waals surface area contributed by atoms with Crippen LogP contribution in [0.3, 0.4) is 0 Å². The Morgan fingerprint density at radius 1 is 1.00 bits per heavy atom. The lowest BCUT2D eigenvalue weighted by Gasteiger charge is -2.41. The molecular weight excluding hydrogens is 484 g/mol. The largest absolute Gasteiger partial charge is 0.508 e. The lowest BCUT2D eigenvalue weighted by molar-refractivity contribution is -0.282. The van der Waals surface area contributed by atoms with Crippen LogP contribution in [0.1, 0.15) is 6.92 Å². The summed E-state index contributed by atoms with van der Waals surface area (Å²) in [5, 5.41) is 69.5. The number of aromatic hydroxyl groups is 4. The fraction of sp³-hybridized carbons (Fsp3) is 0.304. The predicted molar refractivity (Wildman–Crippen MR) is 119 cm³/mol. The van der Waals surface area contributed by atoms with Crippen molar-refractivity contribution in [1.82, 2.24) is 0 Å². The number of hydrogen-bond donors (Lipinski definition) is 7. The second-order valence-electron chi connectivity index (χ2n) is 8.03. The van der Waals surface area contributed by atoms with Gasteiger partial charge in [-0.25, -0.2) is 0 Å². The summed E-state index contributed by atoms with van der Waals surface area (Å²) in [4.78, 5) is 25.1. The molecule has 7 N–H and O–H groups in total. The summed E-state index contributed by atoms with van der Waals surface area (Å²) in [5.41, 5.74) is -1.25. The minimum absolute atomic E-state index is 0.00118. The molecule has 36 heavy (non-hydrogen) atoms. The molecule has 1 aliphatic rings. The van der Waals surface area contributed by atoms with E-state index in [1.54, 1.807) is 0 Å². The van der Waals surface area contributed by atoms with E-state index in [2.05, 4.69) is 0 Å². The molecule has 0 aliphatic carbocycles. The van der Waals surface area contributed by atoms with Crippen LogP contribution in [-0.4, -0.2) is 79.0 Å². The van der Waals surface area contributed by atoms with Crippen LogP contribution in [0.2, 0.25) is 0 Å². The Morgan fingerprint density at radius 2 is 1.72 bits per heavy atom. The van der Waals surface area contributed by atoms with Crippen LogP contribution in [0.15, 0.2) is 39.5 Å². The van der Waals surface area contributed by atoms with Crippen LogP contribution in [0.25, 0.3) is 22.3 Å². The Kier molecular flexibility index (Phi) is 6.65. The SMILES string of the molecule is CC(=O)O[C@H]1[C@H](Oc2c(-c3ccc(O)c(O)c3)oc3cc(O)cc(O)c3c2=O)O[C@@H](CO)[C@H](O)[C@@H]1O. The van der Waals surface area contributed by atoms with Gasteiger partial charge in [0.2, 0.25) is 17.5 Å². The lowest BCUT2D eigenvalue weighted by Crippen LogP contribution is -2.61. The molecule has 1 aromatic heterocycles. The van der Waals surface area contributed by atoms with Crippen molar-refractivity contribution in [3.8, 4) is 40.1 Å². The first-order valence-corrected chi connectivity index (χ1v) is 10.5. The summed E-state index contributed by atoms with van der Waals surface area (Å²) in [6.45, 7) is 0.254. The highest BCUT2D eigenvalue weighted by molar-refractivity contribution is 5.88. The highest BCUT2D eigenvalue weighted by Gasteiger charge is 2.48. The van der Waals surface area contributed by atoms with Crippen LogP contribution in [0, 0.1) is 0 Å². The van der Waals surface area contributed by atoms with E-state index in [0.29, 0.717) is 0 Å². The maximum Gasteiger partial charge on any atom is 0.303 e. The number of phenolic OH excluding ortho intramolecular Hbond substituents is 4. The van der Waals surface area contributed by atoms with Crippen molar-refractivity contribution in [3.05, 3.63) is 40.6 Å². The van der Waals surface area contributed by atoms with Crippen molar-refractivity contribution in [1.29, 1.82) is 0 Å². The van der Waals surface area contributed by atoms with Gasteiger partial charge in [0.25, 0.3) is 0 Å². The van der Waals surface area contributed by atoms with Gasteiger partial charge in [-0.15, -0.1) is 0 Å². The Bertz CT molecular complexity index is 1360. The molecule has 0 radical (unpaired) electrons. The number of carbonyl (C=O) groups is 1. The molecule has 1 fully saturated rings. The number of aliphatic hydroxyl groups is 3. The summed E-state index contributed by atoms with van der Waals surface area (Å²) >= 11 is 0. The highest BCUT2D eigenvalue weighted by atomic mass is 16.7. The molecule has 0 bridgehead atoms. The molecule has 13 heteroatoms. The number of hydrogen-bond acceptors (Lipinski definition) is 13. The number of aliphatic hydroxyl groups excluding tert-OH is 3. The molecule has 1 aliphatic heterocycles. The molecule has 0 saturated carbocycles. The molecule has 0 spiro atoms. The second-order valence-corrected chi connectivity index (χ2v) is 8.03. The third-order valence-electron chi connectivity index (χ3n) is 5.52. The molecule has 3 aromatic rings. The van der Waals surface area contributed by atoms with E-state index < -0.39 is 82.8 Å². The van der Waals surface area contributed by atoms with E-state index in [-0.39, 0.29) is 16.9 Å². The van der Waals surface area contributed by atoms with Gasteiger partial charge in [0.1, 0.15) is 40.8 Å². The van der Waals surface area contributed by atoms with Gasteiger partial charge in [-0.2, -0.15) is 0 Å². The zero-order valence-corrected chi connectivity index (χ0v) is 18.6. The van der Waals surface area contributed by atoms with Gasteiger partial charge in [0, 0.05) is 24.6 Å². The van der Waals surface area contributed by atoms with Crippen molar-refractivity contribution >= 4 is 16.9 Å². The maximum atomic E-state index is 13.4. The third kappa shape index (κ3) is 4.47. The summed E-state index contributed by atoms with van der Waals surface area (Å²) in [7, 11) is 0. The van der Waals surface area contributed by atoms with E-state index in [0.717, 1.165) is 31.2 Å². The number of fused-ring (bicyclic) bond motifs is 1. The van der Waals surface area contributed by atoms with Gasteiger partial charge in [-0.1, -0.05) is 0 Å². The fourth-order valence-electron chi connectivity index (χ4n) is 3.81. The Balaban J connectivity index is 1.92. The molecule has 1 saturated heterocycles. The number of carbonyl (C=O) groups excluding carboxylic acids is 1. The molecule has 0 amide bonds. The topological polar surface area (TPSA) is 217 Å². The number of benzene rings is 2. The predicted octanol–water partition coefficient (Wildman–Crippen LogP) is 0.0319.